The van der Waals surface area contributed by atoms with Gasteiger partial charge in [0.05, 0.1) is 19.6 Å². The normalized spacial score (nSPS) is 37.0. The minimum atomic E-state index is -0.00807. The zero-order valence-corrected chi connectivity index (χ0v) is 15.0. The fourth-order valence-corrected chi connectivity index (χ4v) is 5.67. The number of rotatable bonds is 3. The Morgan fingerprint density at radius 1 is 1.38 bits per heavy atom. The number of piperidine rings is 2. The molecule has 5 unspecified atom stereocenters. The number of benzene rings is 1. The number of methoxy groups -OCH3 is 1. The predicted molar refractivity (Wildman–Crippen MR) is 92.2 cm³/mol. The van der Waals surface area contributed by atoms with E-state index < -0.39 is 0 Å². The molecule has 0 aromatic heterocycles. The SMILES string of the molecule is CCOC(=O)C1CC2C3Cc4ccc(OC)cc4C2(C)CC1N3C. The zero-order valence-electron chi connectivity index (χ0n) is 15.0. The summed E-state index contributed by atoms with van der Waals surface area (Å²) in [5, 5.41) is 0. The lowest BCUT2D eigenvalue weighted by Gasteiger charge is -2.63. The van der Waals surface area contributed by atoms with E-state index in [1.165, 1.54) is 11.1 Å². The summed E-state index contributed by atoms with van der Waals surface area (Å²) in [6, 6.07) is 7.34. The number of likely N-dealkylation sites (N-methyl/N-ethyl adjacent to an activating group) is 1. The number of hydrogen-bond acceptors (Lipinski definition) is 4. The van der Waals surface area contributed by atoms with Crippen LogP contribution < -0.4 is 4.74 Å². The van der Waals surface area contributed by atoms with E-state index in [1.54, 1.807) is 7.11 Å². The van der Waals surface area contributed by atoms with Gasteiger partial charge < -0.3 is 9.47 Å². The number of carbonyl (C=O) groups excluding carboxylic acids is 1. The standard InChI is InChI=1S/C20H27NO3/c1-5-24-19(22)14-10-16-17-8-12-6-7-13(23-4)9-15(12)20(16,2)11-18(14)21(17)3/h6-7,9,14,16-18H,5,8,10-11H2,1-4H3. The molecule has 4 heteroatoms. The minimum Gasteiger partial charge on any atom is -0.497 e. The largest absolute Gasteiger partial charge is 0.497 e. The molecule has 2 aliphatic heterocycles. The summed E-state index contributed by atoms with van der Waals surface area (Å²) in [6.45, 7) is 4.75. The molecule has 130 valence electrons. The summed E-state index contributed by atoms with van der Waals surface area (Å²) in [4.78, 5) is 14.9. The molecule has 5 rings (SSSR count). The Hall–Kier alpha value is -1.55. The van der Waals surface area contributed by atoms with E-state index in [2.05, 4.69) is 37.1 Å². The maximum atomic E-state index is 12.4. The Balaban J connectivity index is 1.74. The molecule has 2 heterocycles. The van der Waals surface area contributed by atoms with Crippen LogP contribution in [0.2, 0.25) is 0 Å². The third-order valence-corrected chi connectivity index (χ3v) is 6.89. The van der Waals surface area contributed by atoms with E-state index in [1.807, 2.05) is 6.92 Å². The lowest BCUT2D eigenvalue weighted by Crippen LogP contribution is -2.68. The van der Waals surface area contributed by atoms with Crippen molar-refractivity contribution >= 4 is 5.97 Å². The summed E-state index contributed by atoms with van der Waals surface area (Å²) in [5.41, 5.74) is 3.01. The second kappa shape index (κ2) is 5.48. The Morgan fingerprint density at radius 2 is 2.17 bits per heavy atom. The highest BCUT2D eigenvalue weighted by atomic mass is 16.5. The molecule has 2 aliphatic carbocycles. The Morgan fingerprint density at radius 3 is 2.88 bits per heavy atom. The van der Waals surface area contributed by atoms with E-state index in [-0.39, 0.29) is 23.3 Å². The molecular weight excluding hydrogens is 302 g/mol. The predicted octanol–water partition coefficient (Wildman–Crippen LogP) is 2.78. The van der Waals surface area contributed by atoms with Crippen LogP contribution in [0, 0.1) is 11.8 Å². The molecule has 4 aliphatic rings. The number of esters is 1. The second-order valence-electron chi connectivity index (χ2n) is 7.85. The van der Waals surface area contributed by atoms with Crippen LogP contribution in [0.3, 0.4) is 0 Å². The van der Waals surface area contributed by atoms with Crippen molar-refractivity contribution in [2.75, 3.05) is 20.8 Å². The van der Waals surface area contributed by atoms with Gasteiger partial charge in [-0.2, -0.15) is 0 Å². The van der Waals surface area contributed by atoms with Crippen molar-refractivity contribution in [2.45, 2.75) is 50.6 Å². The van der Waals surface area contributed by atoms with Crippen LogP contribution in [0.1, 0.15) is 37.8 Å². The maximum Gasteiger partial charge on any atom is 0.310 e. The molecule has 0 spiro atoms. The first-order valence-electron chi connectivity index (χ1n) is 9.05. The topological polar surface area (TPSA) is 38.8 Å². The van der Waals surface area contributed by atoms with Crippen LogP contribution >= 0.6 is 0 Å². The first-order chi connectivity index (χ1) is 11.5. The van der Waals surface area contributed by atoms with Crippen LogP contribution in [0.4, 0.5) is 0 Å². The first kappa shape index (κ1) is 15.9. The number of nitrogens with zero attached hydrogens (tertiary/aromatic N) is 1. The van der Waals surface area contributed by atoms with Gasteiger partial charge in [-0.25, -0.2) is 0 Å². The van der Waals surface area contributed by atoms with Gasteiger partial charge in [0.25, 0.3) is 0 Å². The maximum absolute atomic E-state index is 12.4. The zero-order chi connectivity index (χ0) is 17.1. The summed E-state index contributed by atoms with van der Waals surface area (Å²) in [5.74, 6) is 1.45. The van der Waals surface area contributed by atoms with Gasteiger partial charge in [-0.3, -0.25) is 9.69 Å². The van der Waals surface area contributed by atoms with Gasteiger partial charge in [-0.1, -0.05) is 13.0 Å². The summed E-state index contributed by atoms with van der Waals surface area (Å²) in [7, 11) is 3.93. The highest BCUT2D eigenvalue weighted by Gasteiger charge is 2.60. The molecule has 4 bridgehead atoms. The van der Waals surface area contributed by atoms with Crippen LogP contribution in [0.15, 0.2) is 18.2 Å². The lowest BCUT2D eigenvalue weighted by atomic mass is 9.50. The van der Waals surface area contributed by atoms with Gasteiger partial charge in [0, 0.05) is 12.1 Å². The highest BCUT2D eigenvalue weighted by molar-refractivity contribution is 5.74. The van der Waals surface area contributed by atoms with Gasteiger partial charge in [0.2, 0.25) is 0 Å². The third-order valence-electron chi connectivity index (χ3n) is 6.89. The van der Waals surface area contributed by atoms with E-state index in [0.717, 1.165) is 25.0 Å². The number of carbonyl (C=O) groups is 1. The van der Waals surface area contributed by atoms with Gasteiger partial charge in [0.1, 0.15) is 5.75 Å². The van der Waals surface area contributed by atoms with Gasteiger partial charge in [-0.05, 0) is 67.8 Å². The third kappa shape index (κ3) is 2.05. The van der Waals surface area contributed by atoms with Crippen molar-refractivity contribution in [3.05, 3.63) is 29.3 Å². The van der Waals surface area contributed by atoms with Gasteiger partial charge >= 0.3 is 5.97 Å². The second-order valence-corrected chi connectivity index (χ2v) is 7.85. The molecule has 24 heavy (non-hydrogen) atoms. The molecular formula is C20H27NO3. The molecule has 1 aromatic rings. The molecule has 1 aromatic carbocycles. The summed E-state index contributed by atoms with van der Waals surface area (Å²) < 4.78 is 10.8. The van der Waals surface area contributed by atoms with Crippen LogP contribution in [0.25, 0.3) is 0 Å². The van der Waals surface area contributed by atoms with E-state index in [4.69, 9.17) is 9.47 Å². The smallest absolute Gasteiger partial charge is 0.310 e. The van der Waals surface area contributed by atoms with Crippen LogP contribution in [-0.2, 0) is 21.4 Å². The van der Waals surface area contributed by atoms with Gasteiger partial charge in [0.15, 0.2) is 0 Å². The van der Waals surface area contributed by atoms with Crippen LogP contribution in [0.5, 0.6) is 5.75 Å². The Kier molecular flexibility index (Phi) is 3.64. The summed E-state index contributed by atoms with van der Waals surface area (Å²) in [6.07, 6.45) is 3.04. The molecule has 1 saturated carbocycles. The molecule has 3 fully saturated rings. The van der Waals surface area contributed by atoms with E-state index >= 15 is 0 Å². The van der Waals surface area contributed by atoms with Crippen LogP contribution in [-0.4, -0.2) is 43.7 Å². The van der Waals surface area contributed by atoms with Gasteiger partial charge in [-0.15, -0.1) is 0 Å². The monoisotopic (exact) mass is 329 g/mol. The highest BCUT2D eigenvalue weighted by Crippen LogP contribution is 2.58. The first-order valence-corrected chi connectivity index (χ1v) is 9.05. The number of ether oxygens (including phenoxy) is 2. The average molecular weight is 329 g/mol. The molecule has 0 amide bonds. The minimum absolute atomic E-state index is 0.00807. The van der Waals surface area contributed by atoms with Crippen molar-refractivity contribution in [1.29, 1.82) is 0 Å². The number of hydrogen-bond donors (Lipinski definition) is 0. The van der Waals surface area contributed by atoms with Crippen molar-refractivity contribution in [3.63, 3.8) is 0 Å². The van der Waals surface area contributed by atoms with E-state index in [0.29, 0.717) is 18.6 Å². The van der Waals surface area contributed by atoms with Crippen molar-refractivity contribution < 1.29 is 14.3 Å². The van der Waals surface area contributed by atoms with Crippen molar-refractivity contribution in [3.8, 4) is 5.75 Å². The molecule has 4 nitrogen and oxygen atoms in total. The van der Waals surface area contributed by atoms with E-state index in [9.17, 15) is 4.79 Å². The molecule has 0 radical (unpaired) electrons. The van der Waals surface area contributed by atoms with Crippen molar-refractivity contribution in [1.82, 2.24) is 4.90 Å². The Labute approximate surface area is 144 Å². The average Bonchev–Trinajstić information content (AvgIpc) is 2.58. The summed E-state index contributed by atoms with van der Waals surface area (Å²) >= 11 is 0. The Bertz CT molecular complexity index is 673. The fourth-order valence-electron chi connectivity index (χ4n) is 5.67. The molecule has 0 N–H and O–H groups in total. The number of fused-ring (bicyclic) bond motifs is 2. The molecule has 2 saturated heterocycles. The van der Waals surface area contributed by atoms with Crippen molar-refractivity contribution in [2.24, 2.45) is 11.8 Å². The molecule has 5 atom stereocenters. The fraction of sp³-hybridized carbons (Fsp3) is 0.650. The quantitative estimate of drug-likeness (QED) is 0.800. The lowest BCUT2D eigenvalue weighted by molar-refractivity contribution is -0.164.